The Labute approximate surface area is 168 Å². The van der Waals surface area contributed by atoms with Crippen LogP contribution in [-0.2, 0) is 6.54 Å². The Bertz CT molecular complexity index is 918. The zero-order chi connectivity index (χ0) is 18.7. The summed E-state index contributed by atoms with van der Waals surface area (Å²) in [6.45, 7) is 4.68. The van der Waals surface area contributed by atoms with Gasteiger partial charge in [0.1, 0.15) is 0 Å². The van der Waals surface area contributed by atoms with Crippen molar-refractivity contribution in [3.63, 3.8) is 0 Å². The number of aromatic nitrogens is 2. The predicted octanol–water partition coefficient (Wildman–Crippen LogP) is 5.66. The largest absolute Gasteiger partial charge is 0.332 e. The van der Waals surface area contributed by atoms with E-state index in [2.05, 4.69) is 27.9 Å². The second kappa shape index (κ2) is 8.08. The molecule has 0 radical (unpaired) electrons. The molecule has 0 bridgehead atoms. The SMILES string of the molecule is Cc1nn(Cc2ccccc2)c(C)c1NC(=S)Nc1cc(Cl)cc(Cl)c1. The van der Waals surface area contributed by atoms with Crippen LogP contribution in [0.25, 0.3) is 0 Å². The Hall–Kier alpha value is -2.08. The second-order valence-electron chi connectivity index (χ2n) is 5.93. The van der Waals surface area contributed by atoms with Crippen molar-refractivity contribution in [2.45, 2.75) is 20.4 Å². The molecule has 0 unspecified atom stereocenters. The van der Waals surface area contributed by atoms with Gasteiger partial charge in [-0.25, -0.2) is 0 Å². The van der Waals surface area contributed by atoms with Crippen LogP contribution in [0.4, 0.5) is 11.4 Å². The van der Waals surface area contributed by atoms with E-state index in [-0.39, 0.29) is 0 Å². The first-order valence-electron chi connectivity index (χ1n) is 8.04. The fraction of sp³-hybridized carbons (Fsp3) is 0.158. The van der Waals surface area contributed by atoms with E-state index >= 15 is 0 Å². The van der Waals surface area contributed by atoms with Gasteiger partial charge in [-0.3, -0.25) is 4.68 Å². The number of thiocarbonyl (C=S) groups is 1. The summed E-state index contributed by atoms with van der Waals surface area (Å²) < 4.78 is 1.96. The first kappa shape index (κ1) is 18.7. The number of rotatable bonds is 4. The number of nitrogens with zero attached hydrogens (tertiary/aromatic N) is 2. The molecule has 0 aliphatic rings. The highest BCUT2D eigenvalue weighted by Crippen LogP contribution is 2.24. The summed E-state index contributed by atoms with van der Waals surface area (Å²) in [5.41, 5.74) is 4.71. The molecule has 0 atom stereocenters. The number of anilines is 2. The van der Waals surface area contributed by atoms with E-state index in [1.807, 2.05) is 36.7 Å². The molecule has 3 rings (SSSR count). The van der Waals surface area contributed by atoms with Crippen molar-refractivity contribution < 1.29 is 0 Å². The molecule has 1 aromatic heterocycles. The summed E-state index contributed by atoms with van der Waals surface area (Å²) in [7, 11) is 0. The third kappa shape index (κ3) is 4.55. The maximum Gasteiger partial charge on any atom is 0.175 e. The molecule has 0 amide bonds. The monoisotopic (exact) mass is 404 g/mol. The maximum absolute atomic E-state index is 6.02. The van der Waals surface area contributed by atoms with Crippen molar-refractivity contribution >= 4 is 51.9 Å². The molecule has 3 aromatic rings. The van der Waals surface area contributed by atoms with Crippen LogP contribution in [0.1, 0.15) is 17.0 Å². The Kier molecular flexibility index (Phi) is 5.81. The number of nitrogens with one attached hydrogen (secondary N) is 2. The van der Waals surface area contributed by atoms with Gasteiger partial charge < -0.3 is 10.6 Å². The third-order valence-corrected chi connectivity index (χ3v) is 4.56. The standard InChI is InChI=1S/C19H18Cl2N4S/c1-12-18(13(2)25(24-12)11-14-6-4-3-5-7-14)23-19(26)22-17-9-15(20)8-16(21)10-17/h3-10H,11H2,1-2H3,(H2,22,23,26). The Morgan fingerprint density at radius 2 is 1.69 bits per heavy atom. The van der Waals surface area contributed by atoms with E-state index in [0.29, 0.717) is 21.7 Å². The number of halogens is 2. The van der Waals surface area contributed by atoms with E-state index in [0.717, 1.165) is 22.8 Å². The average Bonchev–Trinajstić information content (AvgIpc) is 2.82. The first-order valence-corrected chi connectivity index (χ1v) is 9.21. The number of aryl methyl sites for hydroxylation is 1. The highest BCUT2D eigenvalue weighted by Gasteiger charge is 2.13. The molecule has 0 aliphatic heterocycles. The van der Waals surface area contributed by atoms with Crippen molar-refractivity contribution in [3.8, 4) is 0 Å². The van der Waals surface area contributed by atoms with Gasteiger partial charge in [0, 0.05) is 15.7 Å². The van der Waals surface area contributed by atoms with Gasteiger partial charge in [0.05, 0.1) is 23.6 Å². The summed E-state index contributed by atoms with van der Waals surface area (Å²) in [6, 6.07) is 15.4. The van der Waals surface area contributed by atoms with Crippen LogP contribution in [-0.4, -0.2) is 14.9 Å². The van der Waals surface area contributed by atoms with E-state index < -0.39 is 0 Å². The Balaban J connectivity index is 1.74. The molecular weight excluding hydrogens is 387 g/mol. The zero-order valence-electron chi connectivity index (χ0n) is 14.4. The average molecular weight is 405 g/mol. The fourth-order valence-electron chi connectivity index (χ4n) is 2.69. The van der Waals surface area contributed by atoms with Crippen molar-refractivity contribution in [1.82, 2.24) is 9.78 Å². The number of hydrogen-bond acceptors (Lipinski definition) is 2. The van der Waals surface area contributed by atoms with Gasteiger partial charge in [-0.05, 0) is 49.8 Å². The minimum atomic E-state index is 0.453. The minimum Gasteiger partial charge on any atom is -0.332 e. The Morgan fingerprint density at radius 1 is 1.04 bits per heavy atom. The quantitative estimate of drug-likeness (QED) is 0.550. The zero-order valence-corrected chi connectivity index (χ0v) is 16.7. The van der Waals surface area contributed by atoms with Gasteiger partial charge >= 0.3 is 0 Å². The van der Waals surface area contributed by atoms with Gasteiger partial charge in [0.15, 0.2) is 5.11 Å². The van der Waals surface area contributed by atoms with Crippen LogP contribution >= 0.6 is 35.4 Å². The lowest BCUT2D eigenvalue weighted by Gasteiger charge is -2.12. The van der Waals surface area contributed by atoms with Gasteiger partial charge in [0.2, 0.25) is 0 Å². The lowest BCUT2D eigenvalue weighted by atomic mass is 10.2. The normalized spacial score (nSPS) is 10.6. The summed E-state index contributed by atoms with van der Waals surface area (Å²) in [5, 5.41) is 12.5. The van der Waals surface area contributed by atoms with Crippen LogP contribution in [0.2, 0.25) is 10.0 Å². The van der Waals surface area contributed by atoms with Crippen LogP contribution < -0.4 is 10.6 Å². The molecule has 0 saturated heterocycles. The van der Waals surface area contributed by atoms with Crippen molar-refractivity contribution in [1.29, 1.82) is 0 Å². The molecule has 7 heteroatoms. The third-order valence-electron chi connectivity index (χ3n) is 3.92. The van der Waals surface area contributed by atoms with Crippen molar-refractivity contribution in [3.05, 3.63) is 75.5 Å². The molecule has 134 valence electrons. The number of benzene rings is 2. The van der Waals surface area contributed by atoms with Crippen LogP contribution in [0.15, 0.2) is 48.5 Å². The molecule has 4 nitrogen and oxygen atoms in total. The lowest BCUT2D eigenvalue weighted by molar-refractivity contribution is 0.659. The molecular formula is C19H18Cl2N4S. The molecule has 26 heavy (non-hydrogen) atoms. The fourth-order valence-corrected chi connectivity index (χ4v) is 3.44. The summed E-state index contributed by atoms with van der Waals surface area (Å²) in [6.07, 6.45) is 0. The van der Waals surface area contributed by atoms with E-state index in [9.17, 15) is 0 Å². The molecule has 0 saturated carbocycles. The van der Waals surface area contributed by atoms with E-state index in [1.165, 1.54) is 5.56 Å². The highest BCUT2D eigenvalue weighted by molar-refractivity contribution is 7.80. The molecule has 0 spiro atoms. The Morgan fingerprint density at radius 3 is 2.35 bits per heavy atom. The van der Waals surface area contributed by atoms with Crippen molar-refractivity contribution in [2.75, 3.05) is 10.6 Å². The van der Waals surface area contributed by atoms with Crippen LogP contribution in [0.5, 0.6) is 0 Å². The molecule has 2 N–H and O–H groups in total. The lowest BCUT2D eigenvalue weighted by Crippen LogP contribution is -2.20. The van der Waals surface area contributed by atoms with Crippen LogP contribution in [0, 0.1) is 13.8 Å². The molecule has 2 aromatic carbocycles. The van der Waals surface area contributed by atoms with Gasteiger partial charge in [0.25, 0.3) is 0 Å². The molecule has 0 fully saturated rings. The van der Waals surface area contributed by atoms with Gasteiger partial charge in [-0.2, -0.15) is 5.10 Å². The minimum absolute atomic E-state index is 0.453. The summed E-state index contributed by atoms with van der Waals surface area (Å²) in [5.74, 6) is 0. The summed E-state index contributed by atoms with van der Waals surface area (Å²) >= 11 is 17.5. The van der Waals surface area contributed by atoms with Gasteiger partial charge in [-0.15, -0.1) is 0 Å². The van der Waals surface area contributed by atoms with Crippen LogP contribution in [0.3, 0.4) is 0 Å². The molecule has 0 aliphatic carbocycles. The second-order valence-corrected chi connectivity index (χ2v) is 7.21. The van der Waals surface area contributed by atoms with E-state index in [1.54, 1.807) is 18.2 Å². The highest BCUT2D eigenvalue weighted by atomic mass is 35.5. The predicted molar refractivity (Wildman–Crippen MR) is 114 cm³/mol. The smallest absolute Gasteiger partial charge is 0.175 e. The molecule has 1 heterocycles. The maximum atomic E-state index is 6.02. The number of hydrogen-bond donors (Lipinski definition) is 2. The topological polar surface area (TPSA) is 41.9 Å². The first-order chi connectivity index (χ1) is 12.4. The van der Waals surface area contributed by atoms with Gasteiger partial charge in [-0.1, -0.05) is 53.5 Å². The van der Waals surface area contributed by atoms with E-state index in [4.69, 9.17) is 35.4 Å². The summed E-state index contributed by atoms with van der Waals surface area (Å²) in [4.78, 5) is 0. The van der Waals surface area contributed by atoms with Crippen molar-refractivity contribution in [2.24, 2.45) is 0 Å².